The molecule has 0 radical (unpaired) electrons. The van der Waals surface area contributed by atoms with E-state index >= 15 is 0 Å². The Bertz CT molecular complexity index is 785. The third-order valence-electron chi connectivity index (χ3n) is 5.43. The van der Waals surface area contributed by atoms with Crippen molar-refractivity contribution < 1.29 is 28.4 Å². The van der Waals surface area contributed by atoms with Gasteiger partial charge >= 0.3 is 0 Å². The van der Waals surface area contributed by atoms with Crippen LogP contribution in [-0.2, 0) is 0 Å². The summed E-state index contributed by atoms with van der Waals surface area (Å²) < 4.78 is 37.1. The summed E-state index contributed by atoms with van der Waals surface area (Å²) >= 11 is 0. The average Bonchev–Trinajstić information content (AvgIpc) is 2.92. The van der Waals surface area contributed by atoms with Crippen LogP contribution >= 0.6 is 0 Å². The normalized spacial score (nSPS) is 10.8. The van der Waals surface area contributed by atoms with Crippen molar-refractivity contribution in [3.8, 4) is 34.5 Å². The maximum absolute atomic E-state index is 6.29. The van der Waals surface area contributed by atoms with Crippen molar-refractivity contribution in [3.05, 3.63) is 24.3 Å². The summed E-state index contributed by atoms with van der Waals surface area (Å²) in [5.41, 5.74) is 0. The smallest absolute Gasteiger partial charge is 0.126 e. The van der Waals surface area contributed by atoms with Crippen molar-refractivity contribution in [2.45, 2.75) is 80.1 Å². The number of hydrogen-bond donors (Lipinski definition) is 0. The molecule has 0 aliphatic rings. The third-order valence-corrected chi connectivity index (χ3v) is 7.53. The van der Waals surface area contributed by atoms with E-state index in [2.05, 4.69) is 41.5 Å². The fourth-order valence-electron chi connectivity index (χ4n) is 3.69. The van der Waals surface area contributed by atoms with Crippen LogP contribution in [0.5, 0.6) is 34.5 Å². The molecular weight excluding hydrogens is 484 g/mol. The van der Waals surface area contributed by atoms with Crippen LogP contribution in [0.4, 0.5) is 0 Å². The van der Waals surface area contributed by atoms with Crippen molar-refractivity contribution >= 4 is 19.9 Å². The Morgan fingerprint density at radius 1 is 0.405 bits per heavy atom. The van der Waals surface area contributed by atoms with Gasteiger partial charge in [0.15, 0.2) is 0 Å². The molecule has 7 heteroatoms. The second-order valence-corrected chi connectivity index (χ2v) is 10.8. The van der Waals surface area contributed by atoms with Crippen molar-refractivity contribution in [3.63, 3.8) is 0 Å². The SMILES string of the molecule is CCCOc1cc(OCCC)c([SiH2]c2c(OCCC)cc(OCCC)cc2OCCC)c(OCCC)c1. The van der Waals surface area contributed by atoms with Crippen LogP contribution in [0.1, 0.15) is 80.1 Å². The molecular formula is C30H48O6Si. The van der Waals surface area contributed by atoms with Gasteiger partial charge in [-0.15, -0.1) is 0 Å². The minimum atomic E-state index is -1.14. The average molecular weight is 533 g/mol. The highest BCUT2D eigenvalue weighted by atomic mass is 28.2. The standard InChI is InChI=1S/C30H48O6Si/c1-7-13-31-23-19-25(33-15-9-3)29(26(20-23)34-16-10-4)37-30-27(35-17-11-5)21-24(32-14-8-2)22-28(30)36-18-12-6/h19-22H,7-18,37H2,1-6H3. The third kappa shape index (κ3) is 10.0. The van der Waals surface area contributed by atoms with E-state index in [1.54, 1.807) is 0 Å². The molecule has 0 aliphatic heterocycles. The van der Waals surface area contributed by atoms with E-state index < -0.39 is 9.52 Å². The van der Waals surface area contributed by atoms with Crippen LogP contribution in [0.15, 0.2) is 24.3 Å². The van der Waals surface area contributed by atoms with Gasteiger partial charge in [-0.25, -0.2) is 0 Å². The zero-order valence-corrected chi connectivity index (χ0v) is 25.4. The molecule has 0 heterocycles. The van der Waals surface area contributed by atoms with Gasteiger partial charge in [-0.3, -0.25) is 0 Å². The molecule has 6 nitrogen and oxygen atoms in total. The molecule has 0 amide bonds. The van der Waals surface area contributed by atoms with Gasteiger partial charge in [0.05, 0.1) is 39.6 Å². The Hall–Kier alpha value is -2.54. The van der Waals surface area contributed by atoms with Gasteiger partial charge in [-0.2, -0.15) is 0 Å². The monoisotopic (exact) mass is 532 g/mol. The largest absolute Gasteiger partial charge is 0.493 e. The zero-order valence-electron chi connectivity index (χ0n) is 24.0. The lowest BCUT2D eigenvalue weighted by Crippen LogP contribution is -2.33. The highest BCUT2D eigenvalue weighted by Gasteiger charge is 2.22. The molecule has 208 valence electrons. The van der Waals surface area contributed by atoms with Crippen molar-refractivity contribution in [2.24, 2.45) is 0 Å². The molecule has 0 aromatic heterocycles. The molecule has 0 fully saturated rings. The Labute approximate surface area is 226 Å². The minimum Gasteiger partial charge on any atom is -0.493 e. The number of ether oxygens (including phenoxy) is 6. The quantitative estimate of drug-likeness (QED) is 0.209. The number of benzene rings is 2. The summed E-state index contributed by atoms with van der Waals surface area (Å²) in [6.07, 6.45) is 5.57. The highest BCUT2D eigenvalue weighted by Crippen LogP contribution is 2.30. The molecule has 0 unspecified atom stereocenters. The molecule has 0 bridgehead atoms. The molecule has 2 aromatic carbocycles. The van der Waals surface area contributed by atoms with Gasteiger partial charge < -0.3 is 28.4 Å². The molecule has 0 saturated carbocycles. The van der Waals surface area contributed by atoms with Crippen molar-refractivity contribution in [2.75, 3.05) is 39.6 Å². The van der Waals surface area contributed by atoms with Crippen LogP contribution in [0.3, 0.4) is 0 Å². The van der Waals surface area contributed by atoms with Crippen molar-refractivity contribution in [1.82, 2.24) is 0 Å². The first-order chi connectivity index (χ1) is 18.1. The molecule has 0 atom stereocenters. The van der Waals surface area contributed by atoms with Crippen molar-refractivity contribution in [1.29, 1.82) is 0 Å². The summed E-state index contributed by atoms with van der Waals surface area (Å²) in [5, 5.41) is 2.21. The fourth-order valence-corrected chi connectivity index (χ4v) is 5.55. The van der Waals surface area contributed by atoms with E-state index in [0.717, 1.165) is 83.4 Å². The number of rotatable bonds is 20. The first-order valence-corrected chi connectivity index (χ1v) is 15.6. The van der Waals surface area contributed by atoms with Crippen LogP contribution in [0.2, 0.25) is 0 Å². The van der Waals surface area contributed by atoms with E-state index in [1.807, 2.05) is 24.3 Å². The number of hydrogen-bond acceptors (Lipinski definition) is 6. The van der Waals surface area contributed by atoms with Crippen LogP contribution < -0.4 is 38.8 Å². The van der Waals surface area contributed by atoms with E-state index in [4.69, 9.17) is 28.4 Å². The molecule has 2 aromatic rings. The first-order valence-electron chi connectivity index (χ1n) is 14.2. The Morgan fingerprint density at radius 2 is 0.649 bits per heavy atom. The van der Waals surface area contributed by atoms with E-state index in [9.17, 15) is 0 Å². The summed E-state index contributed by atoms with van der Waals surface area (Å²) in [6, 6.07) is 8.07. The molecule has 0 spiro atoms. The second kappa shape index (κ2) is 17.8. The Balaban J connectivity index is 2.64. The molecule has 37 heavy (non-hydrogen) atoms. The zero-order chi connectivity index (χ0) is 26.9. The lowest BCUT2D eigenvalue weighted by molar-refractivity contribution is 0.289. The fraction of sp³-hybridized carbons (Fsp3) is 0.600. The molecule has 0 saturated heterocycles. The minimum absolute atomic E-state index is 0.633. The van der Waals surface area contributed by atoms with Gasteiger partial charge in [0.1, 0.15) is 44.0 Å². The van der Waals surface area contributed by atoms with Gasteiger partial charge in [-0.1, -0.05) is 41.5 Å². The highest BCUT2D eigenvalue weighted by molar-refractivity contribution is 6.70. The van der Waals surface area contributed by atoms with Crippen LogP contribution in [-0.4, -0.2) is 49.2 Å². The summed E-state index contributed by atoms with van der Waals surface area (Å²) in [5.74, 6) is 4.91. The predicted octanol–water partition coefficient (Wildman–Crippen LogP) is 5.54. The lowest BCUT2D eigenvalue weighted by atomic mass is 10.3. The summed E-state index contributed by atoms with van der Waals surface area (Å²) in [4.78, 5) is 0. The predicted molar refractivity (Wildman–Crippen MR) is 155 cm³/mol. The lowest BCUT2D eigenvalue weighted by Gasteiger charge is -2.22. The Kier molecular flexibility index (Phi) is 14.8. The van der Waals surface area contributed by atoms with Gasteiger partial charge in [-0.05, 0) is 38.5 Å². The van der Waals surface area contributed by atoms with Crippen LogP contribution in [0, 0.1) is 0 Å². The van der Waals surface area contributed by atoms with Gasteiger partial charge in [0.25, 0.3) is 0 Å². The topological polar surface area (TPSA) is 55.4 Å². The maximum atomic E-state index is 6.29. The maximum Gasteiger partial charge on any atom is 0.126 e. The van der Waals surface area contributed by atoms with E-state index in [-0.39, 0.29) is 0 Å². The molecule has 0 N–H and O–H groups in total. The first kappa shape index (κ1) is 30.7. The van der Waals surface area contributed by atoms with Gasteiger partial charge in [0, 0.05) is 34.6 Å². The van der Waals surface area contributed by atoms with Crippen LogP contribution in [0.25, 0.3) is 0 Å². The molecule has 2 rings (SSSR count). The second-order valence-electron chi connectivity index (χ2n) is 9.06. The molecule has 0 aliphatic carbocycles. The van der Waals surface area contributed by atoms with Gasteiger partial charge in [0.2, 0.25) is 0 Å². The summed E-state index contributed by atoms with van der Waals surface area (Å²) in [6.45, 7) is 16.5. The van der Waals surface area contributed by atoms with E-state index in [0.29, 0.717) is 39.6 Å². The summed E-state index contributed by atoms with van der Waals surface area (Å²) in [7, 11) is -1.14. The Morgan fingerprint density at radius 3 is 0.892 bits per heavy atom. The van der Waals surface area contributed by atoms with E-state index in [1.165, 1.54) is 0 Å².